The number of fused-ring (bicyclic) bond motifs is 1. The molecular formula is C22H17ClF3N3O2S. The topological polar surface area (TPSA) is 74.8 Å². The molecule has 2 N–H and O–H groups in total. The molecule has 0 spiro atoms. The number of halogens is 4. The zero-order valence-electron chi connectivity index (χ0n) is 16.4. The predicted molar refractivity (Wildman–Crippen MR) is 119 cm³/mol. The van der Waals surface area contributed by atoms with Gasteiger partial charge < -0.3 is 4.98 Å². The molecule has 0 fully saturated rings. The number of hydrogen-bond donors (Lipinski definition) is 2. The SMILES string of the molecule is O=S(=O)(Nc1ccccc1-c1ccc2[nH]c(CCc3cccc(Cl)c3)nc2c1)C(F)(F)F. The van der Waals surface area contributed by atoms with E-state index >= 15 is 0 Å². The molecule has 1 aromatic heterocycles. The lowest BCUT2D eigenvalue weighted by Gasteiger charge is -2.14. The van der Waals surface area contributed by atoms with Gasteiger partial charge in [-0.25, -0.2) is 4.98 Å². The summed E-state index contributed by atoms with van der Waals surface area (Å²) in [6, 6.07) is 18.6. The Kier molecular flexibility index (Phi) is 5.87. The molecule has 0 aliphatic carbocycles. The molecule has 4 aromatic rings. The summed E-state index contributed by atoms with van der Waals surface area (Å²) in [6.45, 7) is 0. The van der Waals surface area contributed by atoms with Crippen LogP contribution in [-0.2, 0) is 22.9 Å². The molecule has 0 saturated heterocycles. The second-order valence-corrected chi connectivity index (χ2v) is 9.25. The number of benzene rings is 3. The molecule has 32 heavy (non-hydrogen) atoms. The molecule has 0 bridgehead atoms. The fourth-order valence-electron chi connectivity index (χ4n) is 3.33. The molecule has 0 atom stereocenters. The smallest absolute Gasteiger partial charge is 0.342 e. The van der Waals surface area contributed by atoms with E-state index in [1.54, 1.807) is 41.1 Å². The zero-order chi connectivity index (χ0) is 22.9. The van der Waals surface area contributed by atoms with Crippen molar-refractivity contribution in [2.45, 2.75) is 18.3 Å². The number of imidazole rings is 1. The lowest BCUT2D eigenvalue weighted by atomic mass is 10.0. The largest absolute Gasteiger partial charge is 0.516 e. The number of anilines is 1. The van der Waals surface area contributed by atoms with Crippen LogP contribution in [0.1, 0.15) is 11.4 Å². The molecule has 0 unspecified atom stereocenters. The summed E-state index contributed by atoms with van der Waals surface area (Å²) in [6.07, 6.45) is 1.38. The van der Waals surface area contributed by atoms with Crippen molar-refractivity contribution in [3.63, 3.8) is 0 Å². The van der Waals surface area contributed by atoms with Gasteiger partial charge in [-0.15, -0.1) is 0 Å². The van der Waals surface area contributed by atoms with E-state index in [2.05, 4.69) is 9.97 Å². The Morgan fingerprint density at radius 1 is 0.969 bits per heavy atom. The van der Waals surface area contributed by atoms with Gasteiger partial charge in [-0.2, -0.15) is 21.6 Å². The van der Waals surface area contributed by atoms with Crippen molar-refractivity contribution in [1.29, 1.82) is 0 Å². The first-order valence-corrected chi connectivity index (χ1v) is 11.4. The van der Waals surface area contributed by atoms with Gasteiger partial charge in [0.1, 0.15) is 5.82 Å². The van der Waals surface area contributed by atoms with Gasteiger partial charge in [0.2, 0.25) is 0 Å². The summed E-state index contributed by atoms with van der Waals surface area (Å²) in [5, 5.41) is 0.663. The number of hydrogen-bond acceptors (Lipinski definition) is 3. The van der Waals surface area contributed by atoms with Crippen molar-refractivity contribution in [1.82, 2.24) is 9.97 Å². The highest BCUT2D eigenvalue weighted by Crippen LogP contribution is 2.33. The molecule has 10 heteroatoms. The minimum Gasteiger partial charge on any atom is -0.342 e. The fraction of sp³-hybridized carbons (Fsp3) is 0.136. The molecule has 0 aliphatic heterocycles. The molecule has 3 aromatic carbocycles. The Morgan fingerprint density at radius 3 is 2.50 bits per heavy atom. The average molecular weight is 480 g/mol. The molecule has 0 aliphatic rings. The van der Waals surface area contributed by atoms with Gasteiger partial charge in [0.05, 0.1) is 16.7 Å². The van der Waals surface area contributed by atoms with Gasteiger partial charge in [0, 0.05) is 17.0 Å². The molecule has 0 amide bonds. The molecule has 166 valence electrons. The standard InChI is InChI=1S/C22H17ClF3N3O2S/c23-16-5-3-4-14(12-16)8-11-21-27-19-10-9-15(13-20(19)28-21)17-6-1-2-7-18(17)29-32(30,31)22(24,25)26/h1-7,9-10,12-13,29H,8,11H2,(H,27,28). The summed E-state index contributed by atoms with van der Waals surface area (Å²) in [4.78, 5) is 7.80. The first-order chi connectivity index (χ1) is 15.1. The number of nitrogens with one attached hydrogen (secondary N) is 2. The minimum absolute atomic E-state index is 0.166. The highest BCUT2D eigenvalue weighted by atomic mass is 35.5. The molecule has 4 rings (SSSR count). The highest BCUT2D eigenvalue weighted by Gasteiger charge is 2.46. The van der Waals surface area contributed by atoms with E-state index in [9.17, 15) is 21.6 Å². The first kappa shape index (κ1) is 22.2. The molecular weight excluding hydrogens is 463 g/mol. The fourth-order valence-corrected chi connectivity index (χ4v) is 4.12. The van der Waals surface area contributed by atoms with E-state index < -0.39 is 15.5 Å². The highest BCUT2D eigenvalue weighted by molar-refractivity contribution is 7.93. The second kappa shape index (κ2) is 8.48. The number of sulfonamides is 1. The first-order valence-electron chi connectivity index (χ1n) is 9.54. The van der Waals surface area contributed by atoms with Gasteiger partial charge >= 0.3 is 15.5 Å². The van der Waals surface area contributed by atoms with Crippen LogP contribution in [0.15, 0.2) is 66.7 Å². The quantitative estimate of drug-likeness (QED) is 0.360. The summed E-state index contributed by atoms with van der Waals surface area (Å²) in [5.74, 6) is 0.753. The summed E-state index contributed by atoms with van der Waals surface area (Å²) >= 11 is 6.02. The van der Waals surface area contributed by atoms with Crippen molar-refractivity contribution >= 4 is 38.3 Å². The van der Waals surface area contributed by atoms with E-state index in [0.29, 0.717) is 28.1 Å². The number of para-hydroxylation sites is 1. The summed E-state index contributed by atoms with van der Waals surface area (Å²) in [5.41, 5.74) is -2.27. The Labute approximate surface area is 187 Å². The number of H-pyrrole nitrogens is 1. The van der Waals surface area contributed by atoms with E-state index in [1.165, 1.54) is 12.1 Å². The third kappa shape index (κ3) is 4.73. The normalized spacial score (nSPS) is 12.2. The van der Waals surface area contributed by atoms with Crippen molar-refractivity contribution in [3.8, 4) is 11.1 Å². The van der Waals surface area contributed by atoms with Crippen LogP contribution in [0.25, 0.3) is 22.2 Å². The van der Waals surface area contributed by atoms with Crippen LogP contribution in [0.5, 0.6) is 0 Å². The van der Waals surface area contributed by atoms with E-state index in [0.717, 1.165) is 23.3 Å². The van der Waals surface area contributed by atoms with Crippen LogP contribution in [0.4, 0.5) is 18.9 Å². The molecule has 0 radical (unpaired) electrons. The Balaban J connectivity index is 1.61. The summed E-state index contributed by atoms with van der Waals surface area (Å²) < 4.78 is 63.2. The third-order valence-electron chi connectivity index (χ3n) is 4.86. The van der Waals surface area contributed by atoms with Crippen LogP contribution in [-0.4, -0.2) is 23.9 Å². The molecule has 0 saturated carbocycles. The van der Waals surface area contributed by atoms with Crippen LogP contribution in [0.2, 0.25) is 5.02 Å². The maximum Gasteiger partial charge on any atom is 0.516 e. The molecule has 5 nitrogen and oxygen atoms in total. The summed E-state index contributed by atoms with van der Waals surface area (Å²) in [7, 11) is -5.54. The maximum absolute atomic E-state index is 12.8. The number of rotatable bonds is 6. The van der Waals surface area contributed by atoms with Gasteiger partial charge in [0.25, 0.3) is 0 Å². The van der Waals surface area contributed by atoms with Crippen molar-refractivity contribution in [2.75, 3.05) is 4.72 Å². The van der Waals surface area contributed by atoms with E-state index in [-0.39, 0.29) is 5.69 Å². The number of aryl methyl sites for hydroxylation is 2. The van der Waals surface area contributed by atoms with Crippen molar-refractivity contribution in [2.24, 2.45) is 0 Å². The van der Waals surface area contributed by atoms with Crippen LogP contribution in [0, 0.1) is 0 Å². The van der Waals surface area contributed by atoms with Crippen LogP contribution in [0.3, 0.4) is 0 Å². The van der Waals surface area contributed by atoms with Crippen molar-refractivity contribution < 1.29 is 21.6 Å². The number of nitrogens with zero attached hydrogens (tertiary/aromatic N) is 1. The molecule has 1 heterocycles. The minimum atomic E-state index is -5.54. The van der Waals surface area contributed by atoms with E-state index in [4.69, 9.17) is 11.6 Å². The van der Waals surface area contributed by atoms with Gasteiger partial charge in [-0.05, 0) is 47.9 Å². The van der Waals surface area contributed by atoms with Gasteiger partial charge in [-0.3, -0.25) is 4.72 Å². The van der Waals surface area contributed by atoms with Gasteiger partial charge in [0.15, 0.2) is 0 Å². The van der Waals surface area contributed by atoms with E-state index in [1.807, 2.05) is 18.2 Å². The third-order valence-corrected chi connectivity index (χ3v) is 6.19. The van der Waals surface area contributed by atoms with Crippen LogP contribution < -0.4 is 4.72 Å². The average Bonchev–Trinajstić information content (AvgIpc) is 3.14. The zero-order valence-corrected chi connectivity index (χ0v) is 18.0. The lowest BCUT2D eigenvalue weighted by Crippen LogP contribution is -2.30. The monoisotopic (exact) mass is 479 g/mol. The van der Waals surface area contributed by atoms with Gasteiger partial charge in [-0.1, -0.05) is 48.0 Å². The van der Waals surface area contributed by atoms with Crippen LogP contribution >= 0.6 is 11.6 Å². The number of aromatic nitrogens is 2. The number of alkyl halides is 3. The number of aromatic amines is 1. The Hall–Kier alpha value is -3.04. The lowest BCUT2D eigenvalue weighted by molar-refractivity contribution is -0.0429. The Bertz CT molecular complexity index is 1380. The maximum atomic E-state index is 12.8. The second-order valence-electron chi connectivity index (χ2n) is 7.14. The van der Waals surface area contributed by atoms with Crippen molar-refractivity contribution in [3.05, 3.63) is 83.1 Å². The Morgan fingerprint density at radius 2 is 1.75 bits per heavy atom. The predicted octanol–water partition coefficient (Wildman–Crippen LogP) is 5.93.